The van der Waals surface area contributed by atoms with Crippen molar-refractivity contribution in [3.05, 3.63) is 45.5 Å². The number of esters is 1. The van der Waals surface area contributed by atoms with Gasteiger partial charge in [0, 0.05) is 12.1 Å². The average molecular weight is 274 g/mol. The molecule has 0 aliphatic carbocycles. The Bertz CT molecular complexity index is 573. The average Bonchev–Trinajstić information content (AvgIpc) is 2.45. The van der Waals surface area contributed by atoms with Crippen LogP contribution >= 0.6 is 0 Å². The molecular formula is C14H14N2O4. The van der Waals surface area contributed by atoms with Gasteiger partial charge in [-0.15, -0.1) is 0 Å². The first-order valence-electron chi connectivity index (χ1n) is 6.12. The summed E-state index contributed by atoms with van der Waals surface area (Å²) in [6, 6.07) is 7.43. The SMILES string of the molecule is CCCCOC(=O)C(C#N)=Cc1cccc([N+](=O)[O-])c1. The molecule has 0 radical (unpaired) electrons. The van der Waals surface area contributed by atoms with E-state index in [-0.39, 0.29) is 17.9 Å². The van der Waals surface area contributed by atoms with E-state index in [0.29, 0.717) is 5.56 Å². The van der Waals surface area contributed by atoms with Gasteiger partial charge in [-0.25, -0.2) is 4.79 Å². The molecule has 0 saturated carbocycles. The van der Waals surface area contributed by atoms with E-state index in [9.17, 15) is 14.9 Å². The zero-order valence-electron chi connectivity index (χ0n) is 11.0. The maximum atomic E-state index is 11.6. The molecule has 0 spiro atoms. The molecule has 6 heteroatoms. The molecule has 0 aliphatic rings. The monoisotopic (exact) mass is 274 g/mol. The molecule has 0 fully saturated rings. The van der Waals surface area contributed by atoms with Crippen molar-refractivity contribution in [2.24, 2.45) is 0 Å². The molecule has 1 aromatic carbocycles. The summed E-state index contributed by atoms with van der Waals surface area (Å²) in [6.45, 7) is 2.21. The van der Waals surface area contributed by atoms with Gasteiger partial charge in [0.15, 0.2) is 0 Å². The number of carbonyl (C=O) groups excluding carboxylic acids is 1. The van der Waals surface area contributed by atoms with Crippen molar-refractivity contribution < 1.29 is 14.5 Å². The van der Waals surface area contributed by atoms with Gasteiger partial charge >= 0.3 is 5.97 Å². The van der Waals surface area contributed by atoms with Gasteiger partial charge in [-0.3, -0.25) is 10.1 Å². The molecule has 0 heterocycles. The Morgan fingerprint density at radius 2 is 2.30 bits per heavy atom. The van der Waals surface area contributed by atoms with Gasteiger partial charge in [-0.1, -0.05) is 25.5 Å². The molecule has 6 nitrogen and oxygen atoms in total. The molecule has 0 unspecified atom stereocenters. The Morgan fingerprint density at radius 1 is 1.55 bits per heavy atom. The van der Waals surface area contributed by atoms with Crippen LogP contribution in [-0.4, -0.2) is 17.5 Å². The van der Waals surface area contributed by atoms with Gasteiger partial charge in [0.25, 0.3) is 5.69 Å². The summed E-state index contributed by atoms with van der Waals surface area (Å²) < 4.78 is 4.92. The highest BCUT2D eigenvalue weighted by Gasteiger charge is 2.11. The topological polar surface area (TPSA) is 93.2 Å². The van der Waals surface area contributed by atoms with Crippen LogP contribution in [0, 0.1) is 21.4 Å². The lowest BCUT2D eigenvalue weighted by Crippen LogP contribution is -2.07. The number of ether oxygens (including phenoxy) is 1. The van der Waals surface area contributed by atoms with Gasteiger partial charge in [0.2, 0.25) is 0 Å². The van der Waals surface area contributed by atoms with Crippen molar-refractivity contribution in [1.82, 2.24) is 0 Å². The molecule has 0 atom stereocenters. The Balaban J connectivity index is 2.89. The van der Waals surface area contributed by atoms with E-state index >= 15 is 0 Å². The highest BCUT2D eigenvalue weighted by molar-refractivity contribution is 5.97. The fourth-order valence-electron chi connectivity index (χ4n) is 1.42. The van der Waals surface area contributed by atoms with Gasteiger partial charge in [0.1, 0.15) is 11.6 Å². The minimum Gasteiger partial charge on any atom is -0.462 e. The Kier molecular flexibility index (Phi) is 5.91. The third-order valence-electron chi connectivity index (χ3n) is 2.46. The number of carbonyl (C=O) groups is 1. The Hall–Kier alpha value is -2.68. The van der Waals surface area contributed by atoms with E-state index in [1.165, 1.54) is 24.3 Å². The Morgan fingerprint density at radius 3 is 2.90 bits per heavy atom. The zero-order valence-corrected chi connectivity index (χ0v) is 11.0. The predicted octanol–water partition coefficient (Wildman–Crippen LogP) is 2.85. The van der Waals surface area contributed by atoms with E-state index < -0.39 is 10.9 Å². The van der Waals surface area contributed by atoms with Crippen molar-refractivity contribution >= 4 is 17.7 Å². The number of unbranched alkanes of at least 4 members (excludes halogenated alkanes) is 1. The number of nitrogens with zero attached hydrogens (tertiary/aromatic N) is 2. The van der Waals surface area contributed by atoms with Gasteiger partial charge in [-0.05, 0) is 18.1 Å². The predicted molar refractivity (Wildman–Crippen MR) is 72.6 cm³/mol. The molecule has 0 saturated heterocycles. The van der Waals surface area contributed by atoms with Crippen LogP contribution in [0.1, 0.15) is 25.3 Å². The van der Waals surface area contributed by atoms with Gasteiger partial charge in [0.05, 0.1) is 11.5 Å². The first-order valence-corrected chi connectivity index (χ1v) is 6.12. The van der Waals surface area contributed by atoms with Crippen LogP contribution in [0.2, 0.25) is 0 Å². The van der Waals surface area contributed by atoms with Crippen LogP contribution in [0.25, 0.3) is 6.08 Å². The second-order valence-corrected chi connectivity index (χ2v) is 4.01. The van der Waals surface area contributed by atoms with Crippen molar-refractivity contribution in [3.63, 3.8) is 0 Å². The molecule has 1 rings (SSSR count). The summed E-state index contributed by atoms with van der Waals surface area (Å²) in [5, 5.41) is 19.6. The summed E-state index contributed by atoms with van der Waals surface area (Å²) in [7, 11) is 0. The normalized spacial score (nSPS) is 10.7. The molecule has 0 amide bonds. The molecule has 0 bridgehead atoms. The highest BCUT2D eigenvalue weighted by Crippen LogP contribution is 2.16. The number of non-ortho nitro benzene ring substituents is 1. The maximum Gasteiger partial charge on any atom is 0.348 e. The van der Waals surface area contributed by atoms with E-state index in [0.717, 1.165) is 12.8 Å². The molecule has 20 heavy (non-hydrogen) atoms. The summed E-state index contributed by atoms with van der Waals surface area (Å²) in [6.07, 6.45) is 2.88. The van der Waals surface area contributed by atoms with Crippen molar-refractivity contribution in [1.29, 1.82) is 5.26 Å². The number of nitro groups is 1. The minimum absolute atomic E-state index is 0.101. The lowest BCUT2D eigenvalue weighted by atomic mass is 10.1. The maximum absolute atomic E-state index is 11.6. The number of nitriles is 1. The number of rotatable bonds is 6. The largest absolute Gasteiger partial charge is 0.462 e. The van der Waals surface area contributed by atoms with Crippen LogP contribution in [0.15, 0.2) is 29.8 Å². The number of hydrogen-bond acceptors (Lipinski definition) is 5. The number of benzene rings is 1. The third kappa shape index (κ3) is 4.53. The minimum atomic E-state index is -0.715. The van der Waals surface area contributed by atoms with Crippen LogP contribution < -0.4 is 0 Å². The highest BCUT2D eigenvalue weighted by atomic mass is 16.6. The van der Waals surface area contributed by atoms with Crippen molar-refractivity contribution in [2.75, 3.05) is 6.61 Å². The van der Waals surface area contributed by atoms with Crippen LogP contribution in [0.4, 0.5) is 5.69 Å². The third-order valence-corrected chi connectivity index (χ3v) is 2.46. The standard InChI is InChI=1S/C14H14N2O4/c1-2-3-7-20-14(17)12(10-15)8-11-5-4-6-13(9-11)16(18)19/h4-6,8-9H,2-3,7H2,1H3. The summed E-state index contributed by atoms with van der Waals surface area (Å²) in [5.74, 6) is -0.715. The lowest BCUT2D eigenvalue weighted by molar-refractivity contribution is -0.384. The van der Waals surface area contributed by atoms with Gasteiger partial charge in [-0.2, -0.15) is 5.26 Å². The second kappa shape index (κ2) is 7.69. The summed E-state index contributed by atoms with van der Waals surface area (Å²) in [5.41, 5.74) is 0.125. The van der Waals surface area contributed by atoms with E-state index in [1.54, 1.807) is 12.1 Å². The van der Waals surface area contributed by atoms with E-state index in [2.05, 4.69) is 0 Å². The molecule has 0 aromatic heterocycles. The van der Waals surface area contributed by atoms with Crippen molar-refractivity contribution in [2.45, 2.75) is 19.8 Å². The first-order chi connectivity index (χ1) is 9.58. The molecule has 104 valence electrons. The second-order valence-electron chi connectivity index (χ2n) is 4.01. The van der Waals surface area contributed by atoms with Crippen molar-refractivity contribution in [3.8, 4) is 6.07 Å². The molecular weight excluding hydrogens is 260 g/mol. The lowest BCUT2D eigenvalue weighted by Gasteiger charge is -2.02. The quantitative estimate of drug-likeness (QED) is 0.198. The molecule has 1 aromatic rings. The van der Waals surface area contributed by atoms with E-state index in [4.69, 9.17) is 10.00 Å². The van der Waals surface area contributed by atoms with Gasteiger partial charge < -0.3 is 4.74 Å². The fourth-order valence-corrected chi connectivity index (χ4v) is 1.42. The molecule has 0 N–H and O–H groups in total. The smallest absolute Gasteiger partial charge is 0.348 e. The molecule has 0 aliphatic heterocycles. The zero-order chi connectivity index (χ0) is 15.0. The van der Waals surface area contributed by atoms with Crippen LogP contribution in [-0.2, 0) is 9.53 Å². The fraction of sp³-hybridized carbons (Fsp3) is 0.286. The van der Waals surface area contributed by atoms with E-state index in [1.807, 2.05) is 6.92 Å². The van der Waals surface area contributed by atoms with Crippen LogP contribution in [0.5, 0.6) is 0 Å². The number of nitro benzene ring substituents is 1. The number of hydrogen-bond donors (Lipinski definition) is 0. The first kappa shape index (κ1) is 15.4. The summed E-state index contributed by atoms with van der Waals surface area (Å²) >= 11 is 0. The Labute approximate surface area is 116 Å². The van der Waals surface area contributed by atoms with Crippen LogP contribution in [0.3, 0.4) is 0 Å². The summed E-state index contributed by atoms with van der Waals surface area (Å²) in [4.78, 5) is 21.7.